The lowest BCUT2D eigenvalue weighted by molar-refractivity contribution is 0.0256. The molecule has 1 saturated heterocycles. The van der Waals surface area contributed by atoms with Gasteiger partial charge in [0.25, 0.3) is 0 Å². The lowest BCUT2D eigenvalue weighted by Crippen LogP contribution is -2.37. The Morgan fingerprint density at radius 1 is 1.31 bits per heavy atom. The summed E-state index contributed by atoms with van der Waals surface area (Å²) in [6, 6.07) is 0. The standard InChI is InChI=1S/C12H21NO3/c1-12(2,3)16-11(14)13-5-8-9(6-13)10(8)7-15-4/h8-10H,5-7H2,1-4H3/t8-,9?,10?/m0/s1. The van der Waals surface area contributed by atoms with Crippen molar-refractivity contribution in [1.82, 2.24) is 4.90 Å². The van der Waals surface area contributed by atoms with Gasteiger partial charge < -0.3 is 14.4 Å². The first kappa shape index (κ1) is 11.7. The Balaban J connectivity index is 1.78. The fraction of sp³-hybridized carbons (Fsp3) is 0.917. The van der Waals surface area contributed by atoms with Gasteiger partial charge in [0.1, 0.15) is 5.60 Å². The van der Waals surface area contributed by atoms with E-state index in [2.05, 4.69) is 0 Å². The van der Waals surface area contributed by atoms with E-state index in [1.54, 1.807) is 7.11 Å². The number of fused-ring (bicyclic) bond motifs is 1. The second-order valence-electron chi connectivity index (χ2n) is 5.83. The van der Waals surface area contributed by atoms with Crippen molar-refractivity contribution in [1.29, 1.82) is 0 Å². The van der Waals surface area contributed by atoms with Crippen LogP contribution in [0.5, 0.6) is 0 Å². The van der Waals surface area contributed by atoms with E-state index in [1.807, 2.05) is 25.7 Å². The first-order valence-electron chi connectivity index (χ1n) is 5.89. The summed E-state index contributed by atoms with van der Waals surface area (Å²) in [6.07, 6.45) is -0.170. The molecule has 2 aliphatic rings. The minimum atomic E-state index is -0.393. The molecule has 2 fully saturated rings. The maximum atomic E-state index is 11.8. The molecule has 3 atom stereocenters. The van der Waals surface area contributed by atoms with Crippen LogP contribution in [0.4, 0.5) is 4.79 Å². The van der Waals surface area contributed by atoms with Crippen LogP contribution in [0.25, 0.3) is 0 Å². The molecule has 0 spiro atoms. The molecule has 2 rings (SSSR count). The van der Waals surface area contributed by atoms with E-state index < -0.39 is 5.60 Å². The van der Waals surface area contributed by atoms with Gasteiger partial charge in [-0.25, -0.2) is 4.79 Å². The van der Waals surface area contributed by atoms with Crippen LogP contribution in [-0.4, -0.2) is 43.4 Å². The smallest absolute Gasteiger partial charge is 0.410 e. The zero-order valence-corrected chi connectivity index (χ0v) is 10.5. The van der Waals surface area contributed by atoms with Crippen molar-refractivity contribution in [3.8, 4) is 0 Å². The fourth-order valence-corrected chi connectivity index (χ4v) is 2.56. The van der Waals surface area contributed by atoms with E-state index in [9.17, 15) is 4.79 Å². The molecule has 0 bridgehead atoms. The molecule has 4 nitrogen and oxygen atoms in total. The second kappa shape index (κ2) is 3.91. The highest BCUT2D eigenvalue weighted by Gasteiger charge is 2.56. The number of piperidine rings is 1. The number of nitrogens with zero attached hydrogens (tertiary/aromatic N) is 1. The molecule has 0 N–H and O–H groups in total. The van der Waals surface area contributed by atoms with Gasteiger partial charge in [-0.3, -0.25) is 0 Å². The van der Waals surface area contributed by atoms with Crippen LogP contribution in [0.1, 0.15) is 20.8 Å². The highest BCUT2D eigenvalue weighted by Crippen LogP contribution is 2.51. The largest absolute Gasteiger partial charge is 0.444 e. The molecule has 1 aliphatic heterocycles. The molecule has 1 heterocycles. The van der Waals surface area contributed by atoms with Crippen LogP contribution in [0.15, 0.2) is 0 Å². The molecule has 1 saturated carbocycles. The highest BCUT2D eigenvalue weighted by atomic mass is 16.6. The molecule has 92 valence electrons. The SMILES string of the molecule is COCC1C2CN(C(=O)OC(C)(C)C)C[C@H]12. The number of carbonyl (C=O) groups excluding carboxylic acids is 1. The maximum Gasteiger partial charge on any atom is 0.410 e. The number of hydrogen-bond acceptors (Lipinski definition) is 3. The summed E-state index contributed by atoms with van der Waals surface area (Å²) in [5.74, 6) is 1.96. The lowest BCUT2D eigenvalue weighted by atomic mass is 10.2. The van der Waals surface area contributed by atoms with E-state index in [1.165, 1.54) is 0 Å². The number of carbonyl (C=O) groups is 1. The average molecular weight is 227 g/mol. The summed E-state index contributed by atoms with van der Waals surface area (Å²) in [5.41, 5.74) is -0.393. The Morgan fingerprint density at radius 2 is 1.88 bits per heavy atom. The molecule has 0 aromatic heterocycles. The van der Waals surface area contributed by atoms with E-state index >= 15 is 0 Å². The number of methoxy groups -OCH3 is 1. The van der Waals surface area contributed by atoms with E-state index in [0.29, 0.717) is 17.8 Å². The van der Waals surface area contributed by atoms with Crippen molar-refractivity contribution in [2.75, 3.05) is 26.8 Å². The molecular weight excluding hydrogens is 206 g/mol. The summed E-state index contributed by atoms with van der Waals surface area (Å²) in [5, 5.41) is 0. The van der Waals surface area contributed by atoms with Gasteiger partial charge in [0.05, 0.1) is 0 Å². The Morgan fingerprint density at radius 3 is 2.31 bits per heavy atom. The summed E-state index contributed by atoms with van der Waals surface area (Å²) < 4.78 is 10.5. The van der Waals surface area contributed by atoms with Gasteiger partial charge in [0.2, 0.25) is 0 Å². The number of amides is 1. The van der Waals surface area contributed by atoms with Crippen LogP contribution < -0.4 is 0 Å². The number of rotatable bonds is 2. The second-order valence-corrected chi connectivity index (χ2v) is 5.83. The third-order valence-electron chi connectivity index (χ3n) is 3.38. The normalized spacial score (nSPS) is 32.5. The fourth-order valence-electron chi connectivity index (χ4n) is 2.56. The quantitative estimate of drug-likeness (QED) is 0.721. The average Bonchev–Trinajstić information content (AvgIpc) is 2.60. The Labute approximate surface area is 96.9 Å². The van der Waals surface area contributed by atoms with Gasteiger partial charge in [-0.05, 0) is 38.5 Å². The van der Waals surface area contributed by atoms with Crippen LogP contribution in [0.3, 0.4) is 0 Å². The Hall–Kier alpha value is -0.770. The molecule has 16 heavy (non-hydrogen) atoms. The monoisotopic (exact) mass is 227 g/mol. The van der Waals surface area contributed by atoms with Crippen molar-refractivity contribution in [2.45, 2.75) is 26.4 Å². The van der Waals surface area contributed by atoms with Gasteiger partial charge in [0.15, 0.2) is 0 Å². The van der Waals surface area contributed by atoms with Crippen LogP contribution in [0, 0.1) is 17.8 Å². The van der Waals surface area contributed by atoms with Crippen molar-refractivity contribution >= 4 is 6.09 Å². The summed E-state index contributed by atoms with van der Waals surface area (Å²) in [7, 11) is 1.74. The number of likely N-dealkylation sites (tertiary alicyclic amines) is 1. The predicted octanol–water partition coefficient (Wildman–Crippen LogP) is 1.75. The van der Waals surface area contributed by atoms with E-state index in [0.717, 1.165) is 19.7 Å². The minimum absolute atomic E-state index is 0.170. The van der Waals surface area contributed by atoms with Crippen LogP contribution >= 0.6 is 0 Å². The third kappa shape index (κ3) is 2.32. The van der Waals surface area contributed by atoms with Crippen molar-refractivity contribution in [3.63, 3.8) is 0 Å². The zero-order valence-electron chi connectivity index (χ0n) is 10.5. The zero-order chi connectivity index (χ0) is 11.9. The summed E-state index contributed by atoms with van der Waals surface area (Å²) >= 11 is 0. The van der Waals surface area contributed by atoms with E-state index in [-0.39, 0.29) is 6.09 Å². The molecule has 1 amide bonds. The Kier molecular flexibility index (Phi) is 2.86. The number of hydrogen-bond donors (Lipinski definition) is 0. The molecular formula is C12H21NO3. The summed E-state index contributed by atoms with van der Waals surface area (Å²) in [4.78, 5) is 13.6. The predicted molar refractivity (Wildman–Crippen MR) is 60.2 cm³/mol. The van der Waals surface area contributed by atoms with E-state index in [4.69, 9.17) is 9.47 Å². The molecule has 0 aromatic rings. The van der Waals surface area contributed by atoms with Crippen LogP contribution in [-0.2, 0) is 9.47 Å². The first-order valence-corrected chi connectivity index (χ1v) is 5.89. The molecule has 0 radical (unpaired) electrons. The van der Waals surface area contributed by atoms with Gasteiger partial charge in [-0.2, -0.15) is 0 Å². The Bertz CT molecular complexity index is 272. The molecule has 2 unspecified atom stereocenters. The van der Waals surface area contributed by atoms with Gasteiger partial charge in [-0.1, -0.05) is 0 Å². The molecule has 0 aromatic carbocycles. The van der Waals surface area contributed by atoms with Crippen molar-refractivity contribution in [3.05, 3.63) is 0 Å². The number of ether oxygens (including phenoxy) is 2. The molecule has 1 aliphatic carbocycles. The first-order chi connectivity index (χ1) is 7.42. The molecule has 4 heteroatoms. The van der Waals surface area contributed by atoms with Gasteiger partial charge >= 0.3 is 6.09 Å². The van der Waals surface area contributed by atoms with Crippen molar-refractivity contribution in [2.24, 2.45) is 17.8 Å². The summed E-state index contributed by atoms with van der Waals surface area (Å²) in [6.45, 7) is 8.21. The minimum Gasteiger partial charge on any atom is -0.444 e. The topological polar surface area (TPSA) is 38.8 Å². The maximum absolute atomic E-state index is 11.8. The third-order valence-corrected chi connectivity index (χ3v) is 3.38. The highest BCUT2D eigenvalue weighted by molar-refractivity contribution is 5.68. The van der Waals surface area contributed by atoms with Crippen LogP contribution in [0.2, 0.25) is 0 Å². The lowest BCUT2D eigenvalue weighted by Gasteiger charge is -2.25. The van der Waals surface area contributed by atoms with Crippen molar-refractivity contribution < 1.29 is 14.3 Å². The van der Waals surface area contributed by atoms with Gasteiger partial charge in [-0.15, -0.1) is 0 Å². The van der Waals surface area contributed by atoms with Gasteiger partial charge in [0, 0.05) is 26.8 Å².